The van der Waals surface area contributed by atoms with Crippen LogP contribution >= 0.6 is 0 Å². The van der Waals surface area contributed by atoms with Gasteiger partial charge in [0, 0.05) is 40.5 Å². The van der Waals surface area contributed by atoms with E-state index < -0.39 is 11.3 Å². The van der Waals surface area contributed by atoms with Crippen LogP contribution in [-0.2, 0) is 16.6 Å². The zero-order valence-corrected chi connectivity index (χ0v) is 16.3. The summed E-state index contributed by atoms with van der Waals surface area (Å²) in [6, 6.07) is 16.6. The molecule has 2 aliphatic carbocycles. The van der Waals surface area contributed by atoms with Crippen molar-refractivity contribution >= 4 is 5.78 Å². The first-order valence-electron chi connectivity index (χ1n) is 10.1. The Kier molecular flexibility index (Phi) is 4.09. The summed E-state index contributed by atoms with van der Waals surface area (Å²) in [6.07, 6.45) is 5.87. The number of benzene rings is 1. The maximum atomic E-state index is 12.9. The molecule has 1 N–H and O–H groups in total. The summed E-state index contributed by atoms with van der Waals surface area (Å²) in [5, 5.41) is 17.8. The molecular formula is C24H22N4O. The van der Waals surface area contributed by atoms with Gasteiger partial charge < -0.3 is 0 Å². The van der Waals surface area contributed by atoms with Crippen LogP contribution < -0.4 is 0 Å². The number of H-pyrrole nitrogens is 1. The van der Waals surface area contributed by atoms with Crippen molar-refractivity contribution in [3.63, 3.8) is 0 Å². The van der Waals surface area contributed by atoms with E-state index in [9.17, 15) is 10.1 Å². The fourth-order valence-electron chi connectivity index (χ4n) is 5.64. The van der Waals surface area contributed by atoms with Crippen molar-refractivity contribution < 1.29 is 4.79 Å². The number of nitrogens with zero attached hydrogens (tertiary/aromatic N) is 3. The standard InChI is InChI=1S/C24H22N4O/c1-15-20-10-9-19-21(16-6-5-11-26-14-16)27-28-23(19)24(20,12-17(13-25)22(15)29)18-7-3-2-4-8-18/h2-8,11,14-15,17,20H,9-10,12H2,1H3,(H,27,28)/t15-,17?,20-,24+/m0/s1. The van der Waals surface area contributed by atoms with Gasteiger partial charge >= 0.3 is 0 Å². The topological polar surface area (TPSA) is 82.4 Å². The van der Waals surface area contributed by atoms with E-state index in [1.165, 1.54) is 5.56 Å². The van der Waals surface area contributed by atoms with Crippen molar-refractivity contribution in [1.82, 2.24) is 15.2 Å². The molecule has 5 nitrogen and oxygen atoms in total. The number of carbonyl (C=O) groups is 1. The van der Waals surface area contributed by atoms with E-state index in [4.69, 9.17) is 5.10 Å². The Balaban J connectivity index is 1.76. The Morgan fingerprint density at radius 3 is 2.76 bits per heavy atom. The molecule has 3 aromatic rings. The number of ketones is 1. The normalized spacial score (nSPS) is 28.3. The second-order valence-electron chi connectivity index (χ2n) is 8.23. The molecule has 0 spiro atoms. The van der Waals surface area contributed by atoms with Crippen molar-refractivity contribution in [1.29, 1.82) is 5.26 Å². The van der Waals surface area contributed by atoms with Gasteiger partial charge in [-0.2, -0.15) is 10.4 Å². The van der Waals surface area contributed by atoms with Gasteiger partial charge in [-0.3, -0.25) is 14.9 Å². The Morgan fingerprint density at radius 1 is 1.21 bits per heavy atom. The van der Waals surface area contributed by atoms with Crippen LogP contribution in [0.25, 0.3) is 11.3 Å². The van der Waals surface area contributed by atoms with Crippen LogP contribution in [0.15, 0.2) is 54.9 Å². The first-order chi connectivity index (χ1) is 14.2. The maximum Gasteiger partial charge on any atom is 0.153 e. The number of hydrogen-bond donors (Lipinski definition) is 1. The lowest BCUT2D eigenvalue weighted by molar-refractivity contribution is -0.131. The van der Waals surface area contributed by atoms with Crippen LogP contribution in [0.3, 0.4) is 0 Å². The molecule has 1 aromatic carbocycles. The molecule has 0 aliphatic heterocycles. The minimum absolute atomic E-state index is 0.0829. The average Bonchev–Trinajstić information content (AvgIpc) is 3.22. The first kappa shape index (κ1) is 17.8. The predicted octanol–water partition coefficient (Wildman–Crippen LogP) is 4.07. The lowest BCUT2D eigenvalue weighted by Gasteiger charge is -2.50. The van der Waals surface area contributed by atoms with Gasteiger partial charge in [0.05, 0.1) is 11.8 Å². The highest BCUT2D eigenvalue weighted by atomic mass is 16.1. The minimum atomic E-state index is -0.599. The van der Waals surface area contributed by atoms with Crippen LogP contribution in [0.2, 0.25) is 0 Å². The predicted molar refractivity (Wildman–Crippen MR) is 109 cm³/mol. The molecular weight excluding hydrogens is 360 g/mol. The summed E-state index contributed by atoms with van der Waals surface area (Å²) in [5.41, 5.74) is 4.93. The van der Waals surface area contributed by atoms with Crippen molar-refractivity contribution in [2.45, 2.75) is 31.6 Å². The van der Waals surface area contributed by atoms with Gasteiger partial charge in [0.2, 0.25) is 0 Å². The molecule has 2 aromatic heterocycles. The number of Topliss-reactive ketones (excluding diaryl/α,β-unsaturated/α-hetero) is 1. The van der Waals surface area contributed by atoms with E-state index in [1.54, 1.807) is 6.20 Å². The molecule has 1 fully saturated rings. The average molecular weight is 382 g/mol. The highest BCUT2D eigenvalue weighted by Gasteiger charge is 2.56. The van der Waals surface area contributed by atoms with Gasteiger partial charge in [-0.15, -0.1) is 0 Å². The Morgan fingerprint density at radius 2 is 2.03 bits per heavy atom. The van der Waals surface area contributed by atoms with Crippen LogP contribution in [0.5, 0.6) is 0 Å². The summed E-state index contributed by atoms with van der Waals surface area (Å²) in [5.74, 6) is -0.527. The second kappa shape index (κ2) is 6.66. The molecule has 0 saturated heterocycles. The van der Waals surface area contributed by atoms with Crippen molar-refractivity contribution in [3.05, 3.63) is 71.7 Å². The smallest absolute Gasteiger partial charge is 0.153 e. The van der Waals surface area contributed by atoms with E-state index in [1.807, 2.05) is 43.5 Å². The molecule has 0 amide bonds. The zero-order valence-electron chi connectivity index (χ0n) is 16.3. The third-order valence-corrected chi connectivity index (χ3v) is 6.95. The molecule has 144 valence electrons. The molecule has 5 rings (SSSR count). The maximum absolute atomic E-state index is 12.9. The number of nitriles is 1. The zero-order chi connectivity index (χ0) is 20.0. The number of fused-ring (bicyclic) bond motifs is 3. The number of pyridine rings is 1. The summed E-state index contributed by atoms with van der Waals surface area (Å²) >= 11 is 0. The summed E-state index contributed by atoms with van der Waals surface area (Å²) in [6.45, 7) is 2.00. The molecule has 29 heavy (non-hydrogen) atoms. The number of aromatic nitrogens is 3. The molecule has 2 heterocycles. The van der Waals surface area contributed by atoms with Gasteiger partial charge in [-0.25, -0.2) is 0 Å². The lowest BCUT2D eigenvalue weighted by atomic mass is 9.51. The van der Waals surface area contributed by atoms with Gasteiger partial charge in [-0.05, 0) is 42.9 Å². The van der Waals surface area contributed by atoms with Crippen molar-refractivity contribution in [2.75, 3.05) is 0 Å². The van der Waals surface area contributed by atoms with E-state index in [2.05, 4.69) is 28.3 Å². The fraction of sp³-hybridized carbons (Fsp3) is 0.333. The summed E-state index contributed by atoms with van der Waals surface area (Å²) in [4.78, 5) is 17.1. The first-order valence-corrected chi connectivity index (χ1v) is 10.1. The van der Waals surface area contributed by atoms with Gasteiger partial charge in [0.15, 0.2) is 5.78 Å². The fourth-order valence-corrected chi connectivity index (χ4v) is 5.64. The van der Waals surface area contributed by atoms with Crippen LogP contribution in [-0.4, -0.2) is 21.0 Å². The van der Waals surface area contributed by atoms with E-state index >= 15 is 0 Å². The molecule has 0 radical (unpaired) electrons. The Labute approximate surface area is 169 Å². The molecule has 2 aliphatic rings. The molecule has 0 bridgehead atoms. The van der Waals surface area contributed by atoms with Gasteiger partial charge in [-0.1, -0.05) is 37.3 Å². The third-order valence-electron chi connectivity index (χ3n) is 6.95. The van der Waals surface area contributed by atoms with Crippen LogP contribution in [0.4, 0.5) is 0 Å². The number of rotatable bonds is 2. The van der Waals surface area contributed by atoms with Gasteiger partial charge in [0.25, 0.3) is 0 Å². The van der Waals surface area contributed by atoms with E-state index in [0.29, 0.717) is 6.42 Å². The van der Waals surface area contributed by atoms with E-state index in [-0.39, 0.29) is 17.6 Å². The third kappa shape index (κ3) is 2.49. The molecule has 4 atom stereocenters. The van der Waals surface area contributed by atoms with Crippen LogP contribution in [0.1, 0.15) is 36.6 Å². The van der Waals surface area contributed by atoms with E-state index in [0.717, 1.165) is 35.4 Å². The SMILES string of the molecule is C[C@@H]1C(=O)C(C#N)C[C@]2(c3ccccc3)c3[nH]nc(-c4cccnc4)c3CC[C@@H]12. The second-order valence-corrected chi connectivity index (χ2v) is 8.23. The highest BCUT2D eigenvalue weighted by Crippen LogP contribution is 2.56. The monoisotopic (exact) mass is 382 g/mol. The largest absolute Gasteiger partial charge is 0.298 e. The summed E-state index contributed by atoms with van der Waals surface area (Å²) in [7, 11) is 0. The Bertz CT molecular complexity index is 1100. The number of aromatic amines is 1. The van der Waals surface area contributed by atoms with Crippen LogP contribution in [0, 0.1) is 29.1 Å². The van der Waals surface area contributed by atoms with Crippen molar-refractivity contribution in [2.24, 2.45) is 17.8 Å². The Hall–Kier alpha value is -3.26. The minimum Gasteiger partial charge on any atom is -0.298 e. The number of nitrogens with one attached hydrogen (secondary N) is 1. The molecule has 5 heteroatoms. The van der Waals surface area contributed by atoms with Crippen molar-refractivity contribution in [3.8, 4) is 17.3 Å². The highest BCUT2D eigenvalue weighted by molar-refractivity contribution is 5.87. The molecule has 1 saturated carbocycles. The quantitative estimate of drug-likeness (QED) is 0.724. The number of hydrogen-bond acceptors (Lipinski definition) is 4. The number of carbonyl (C=O) groups excluding carboxylic acids is 1. The summed E-state index contributed by atoms with van der Waals surface area (Å²) < 4.78 is 0. The van der Waals surface area contributed by atoms with Gasteiger partial charge in [0.1, 0.15) is 5.92 Å². The molecule has 1 unspecified atom stereocenters. The lowest BCUT2D eigenvalue weighted by Crippen LogP contribution is -2.52.